The second-order valence-corrected chi connectivity index (χ2v) is 6.08. The molecular weight excluding hydrogens is 236 g/mol. The number of nitrogens with one attached hydrogen (secondary N) is 1. The predicted octanol–water partition coefficient (Wildman–Crippen LogP) is 2.22. The van der Waals surface area contributed by atoms with Crippen molar-refractivity contribution < 1.29 is 0 Å². The Morgan fingerprint density at radius 1 is 1.32 bits per heavy atom. The zero-order valence-electron chi connectivity index (χ0n) is 11.8. The minimum atomic E-state index is 0.589. The normalized spacial score (nSPS) is 25.3. The number of nitrogens with zero attached hydrogens (tertiary/aromatic N) is 3. The molecule has 1 aromatic heterocycles. The van der Waals surface area contributed by atoms with Crippen molar-refractivity contribution in [2.24, 2.45) is 5.92 Å². The van der Waals surface area contributed by atoms with Gasteiger partial charge in [0.15, 0.2) is 0 Å². The topological polar surface area (TPSA) is 41.0 Å². The van der Waals surface area contributed by atoms with Crippen LogP contribution < -0.4 is 10.2 Å². The van der Waals surface area contributed by atoms with Gasteiger partial charge in [0.25, 0.3) is 0 Å². The Kier molecular flexibility index (Phi) is 3.97. The van der Waals surface area contributed by atoms with Crippen molar-refractivity contribution in [3.05, 3.63) is 18.5 Å². The Labute approximate surface area is 115 Å². The van der Waals surface area contributed by atoms with Crippen molar-refractivity contribution in [2.75, 3.05) is 18.0 Å². The second-order valence-electron chi connectivity index (χ2n) is 6.08. The molecule has 0 bridgehead atoms. The summed E-state index contributed by atoms with van der Waals surface area (Å²) in [5.41, 5.74) is 0. The molecule has 2 aliphatic rings. The fourth-order valence-corrected chi connectivity index (χ4v) is 3.07. The lowest BCUT2D eigenvalue weighted by molar-refractivity contribution is 0.364. The Morgan fingerprint density at radius 2 is 2.11 bits per heavy atom. The molecule has 4 heteroatoms. The summed E-state index contributed by atoms with van der Waals surface area (Å²) in [5.74, 6) is 1.88. The Hall–Kier alpha value is -1.16. The highest BCUT2D eigenvalue weighted by molar-refractivity contribution is 5.29. The quantitative estimate of drug-likeness (QED) is 0.881. The lowest BCUT2D eigenvalue weighted by Crippen LogP contribution is -2.49. The summed E-state index contributed by atoms with van der Waals surface area (Å²) in [6.07, 6.45) is 10.4. The molecular formula is C15H24N4. The summed E-state index contributed by atoms with van der Waals surface area (Å²) in [6, 6.07) is 3.11. The van der Waals surface area contributed by atoms with Crippen LogP contribution in [0.15, 0.2) is 18.5 Å². The van der Waals surface area contributed by atoms with Crippen molar-refractivity contribution in [1.82, 2.24) is 15.3 Å². The first-order valence-electron chi connectivity index (χ1n) is 7.59. The van der Waals surface area contributed by atoms with Crippen LogP contribution in [-0.2, 0) is 0 Å². The number of anilines is 1. The van der Waals surface area contributed by atoms with E-state index in [0.29, 0.717) is 12.1 Å². The van der Waals surface area contributed by atoms with Crippen LogP contribution in [0.1, 0.15) is 39.0 Å². The maximum atomic E-state index is 4.36. The van der Waals surface area contributed by atoms with Gasteiger partial charge in [0.2, 0.25) is 5.95 Å². The van der Waals surface area contributed by atoms with E-state index >= 15 is 0 Å². The van der Waals surface area contributed by atoms with Crippen LogP contribution >= 0.6 is 0 Å². The molecule has 19 heavy (non-hydrogen) atoms. The second kappa shape index (κ2) is 5.87. The van der Waals surface area contributed by atoms with E-state index in [4.69, 9.17) is 0 Å². The van der Waals surface area contributed by atoms with Gasteiger partial charge < -0.3 is 10.2 Å². The Balaban J connectivity index is 1.52. The molecule has 1 aliphatic heterocycles. The molecule has 1 saturated heterocycles. The maximum Gasteiger partial charge on any atom is 0.225 e. The average Bonchev–Trinajstić information content (AvgIpc) is 3.24. The number of rotatable bonds is 5. The molecule has 2 fully saturated rings. The van der Waals surface area contributed by atoms with E-state index in [0.717, 1.165) is 25.0 Å². The molecule has 0 aromatic carbocycles. The van der Waals surface area contributed by atoms with Crippen molar-refractivity contribution in [1.29, 1.82) is 0 Å². The number of piperidine rings is 1. The molecule has 1 saturated carbocycles. The molecule has 1 N–H and O–H groups in total. The van der Waals surface area contributed by atoms with Crippen LogP contribution in [0.2, 0.25) is 0 Å². The van der Waals surface area contributed by atoms with E-state index in [1.807, 2.05) is 18.5 Å². The molecule has 0 radical (unpaired) electrons. The molecule has 3 rings (SSSR count). The highest BCUT2D eigenvalue weighted by Gasteiger charge is 2.26. The van der Waals surface area contributed by atoms with Crippen LogP contribution in [-0.4, -0.2) is 35.1 Å². The van der Waals surface area contributed by atoms with Crippen LogP contribution in [0.4, 0.5) is 5.95 Å². The van der Waals surface area contributed by atoms with Crippen LogP contribution in [0.25, 0.3) is 0 Å². The van der Waals surface area contributed by atoms with Crippen molar-refractivity contribution >= 4 is 5.95 Å². The van der Waals surface area contributed by atoms with Gasteiger partial charge in [0.05, 0.1) is 0 Å². The molecule has 2 atom stereocenters. The molecule has 104 valence electrons. The SMILES string of the molecule is CC(CC1CC1)NC1CCCN(c2ncccn2)C1. The Bertz CT molecular complexity index is 390. The van der Waals surface area contributed by atoms with E-state index in [-0.39, 0.29) is 0 Å². The molecule has 1 aromatic rings. The first-order valence-corrected chi connectivity index (χ1v) is 7.59. The minimum absolute atomic E-state index is 0.589. The monoisotopic (exact) mass is 260 g/mol. The van der Waals surface area contributed by atoms with Crippen molar-refractivity contribution in [2.45, 2.75) is 51.1 Å². The summed E-state index contributed by atoms with van der Waals surface area (Å²) < 4.78 is 0. The number of hydrogen-bond acceptors (Lipinski definition) is 4. The third-order valence-corrected chi connectivity index (χ3v) is 4.16. The zero-order chi connectivity index (χ0) is 13.1. The first kappa shape index (κ1) is 12.9. The Morgan fingerprint density at radius 3 is 2.84 bits per heavy atom. The molecule has 0 spiro atoms. The van der Waals surface area contributed by atoms with Crippen LogP contribution in [0.5, 0.6) is 0 Å². The van der Waals surface area contributed by atoms with Gasteiger partial charge in [0.1, 0.15) is 0 Å². The third kappa shape index (κ3) is 3.66. The van der Waals surface area contributed by atoms with E-state index < -0.39 is 0 Å². The van der Waals surface area contributed by atoms with Crippen LogP contribution in [0, 0.1) is 5.92 Å². The standard InChI is InChI=1S/C15H24N4/c1-12(10-13-5-6-13)18-14-4-2-9-19(11-14)15-16-7-3-8-17-15/h3,7-8,12-14,18H,2,4-6,9-11H2,1H3. The largest absolute Gasteiger partial charge is 0.339 e. The van der Waals surface area contributed by atoms with E-state index in [1.165, 1.54) is 32.1 Å². The van der Waals surface area contributed by atoms with Crippen molar-refractivity contribution in [3.8, 4) is 0 Å². The lowest BCUT2D eigenvalue weighted by Gasteiger charge is -2.34. The van der Waals surface area contributed by atoms with Gasteiger partial charge in [-0.05, 0) is 38.2 Å². The molecule has 0 amide bonds. The van der Waals surface area contributed by atoms with Gasteiger partial charge in [-0.15, -0.1) is 0 Å². The van der Waals surface area contributed by atoms with Gasteiger partial charge in [-0.2, -0.15) is 0 Å². The number of hydrogen-bond donors (Lipinski definition) is 1. The predicted molar refractivity (Wildman–Crippen MR) is 77.2 cm³/mol. The van der Waals surface area contributed by atoms with Gasteiger partial charge in [-0.25, -0.2) is 9.97 Å². The zero-order valence-corrected chi connectivity index (χ0v) is 11.8. The highest BCUT2D eigenvalue weighted by Crippen LogP contribution is 2.33. The molecule has 2 unspecified atom stereocenters. The fourth-order valence-electron chi connectivity index (χ4n) is 3.07. The van der Waals surface area contributed by atoms with E-state index in [1.54, 1.807) is 0 Å². The van der Waals surface area contributed by atoms with Crippen LogP contribution in [0.3, 0.4) is 0 Å². The lowest BCUT2D eigenvalue weighted by atomic mass is 10.0. The maximum absolute atomic E-state index is 4.36. The van der Waals surface area contributed by atoms with Gasteiger partial charge in [-0.1, -0.05) is 12.8 Å². The van der Waals surface area contributed by atoms with Gasteiger partial charge >= 0.3 is 0 Å². The summed E-state index contributed by atoms with van der Waals surface area (Å²) in [4.78, 5) is 11.0. The smallest absolute Gasteiger partial charge is 0.225 e. The molecule has 4 nitrogen and oxygen atoms in total. The van der Waals surface area contributed by atoms with Gasteiger partial charge in [-0.3, -0.25) is 0 Å². The molecule has 1 aliphatic carbocycles. The molecule has 2 heterocycles. The third-order valence-electron chi connectivity index (χ3n) is 4.16. The average molecular weight is 260 g/mol. The van der Waals surface area contributed by atoms with Crippen molar-refractivity contribution in [3.63, 3.8) is 0 Å². The first-order chi connectivity index (χ1) is 9.31. The summed E-state index contributed by atoms with van der Waals surface area (Å²) >= 11 is 0. The number of aromatic nitrogens is 2. The highest BCUT2D eigenvalue weighted by atomic mass is 15.3. The summed E-state index contributed by atoms with van der Waals surface area (Å²) in [5, 5.41) is 3.79. The van der Waals surface area contributed by atoms with E-state index in [9.17, 15) is 0 Å². The minimum Gasteiger partial charge on any atom is -0.339 e. The summed E-state index contributed by atoms with van der Waals surface area (Å²) in [6.45, 7) is 4.45. The van der Waals surface area contributed by atoms with Gasteiger partial charge in [0, 0.05) is 37.6 Å². The van der Waals surface area contributed by atoms with E-state index in [2.05, 4.69) is 27.1 Å². The fraction of sp³-hybridized carbons (Fsp3) is 0.733. The summed E-state index contributed by atoms with van der Waals surface area (Å²) in [7, 11) is 0.